The van der Waals surface area contributed by atoms with Gasteiger partial charge in [0.2, 0.25) is 11.8 Å². The zero-order chi connectivity index (χ0) is 37.9. The third-order valence-corrected chi connectivity index (χ3v) is 7.93. The fourth-order valence-corrected chi connectivity index (χ4v) is 5.68. The fraction of sp³-hybridized carbons (Fsp3) is 0.553. The lowest BCUT2D eigenvalue weighted by molar-refractivity contribution is -0.162. The Bertz CT molecular complexity index is 1500. The van der Waals surface area contributed by atoms with Gasteiger partial charge in [0.1, 0.15) is 24.3 Å². The molecule has 0 unspecified atom stereocenters. The van der Waals surface area contributed by atoms with Crippen LogP contribution in [0.1, 0.15) is 91.7 Å². The number of carbonyl (C=O) groups is 4. The summed E-state index contributed by atoms with van der Waals surface area (Å²) in [6.45, 7) is 14.6. The van der Waals surface area contributed by atoms with E-state index in [4.69, 9.17) is 25.7 Å². The van der Waals surface area contributed by atoms with Crippen molar-refractivity contribution in [2.45, 2.75) is 110 Å². The highest BCUT2D eigenvalue weighted by molar-refractivity contribution is 5.93. The second-order valence-electron chi connectivity index (χ2n) is 15.2. The van der Waals surface area contributed by atoms with Crippen LogP contribution < -0.4 is 27.4 Å². The minimum Gasteiger partial charge on any atom is -0.458 e. The van der Waals surface area contributed by atoms with Crippen molar-refractivity contribution in [2.24, 2.45) is 22.4 Å². The molecule has 13 nitrogen and oxygen atoms in total. The van der Waals surface area contributed by atoms with Crippen LogP contribution in [0.3, 0.4) is 0 Å². The van der Waals surface area contributed by atoms with Gasteiger partial charge in [0.15, 0.2) is 12.0 Å². The highest BCUT2D eigenvalue weighted by Gasteiger charge is 2.34. The van der Waals surface area contributed by atoms with Crippen LogP contribution in [0.2, 0.25) is 0 Å². The molecule has 0 saturated heterocycles. The van der Waals surface area contributed by atoms with E-state index < -0.39 is 53.2 Å². The Morgan fingerprint density at radius 2 is 1.33 bits per heavy atom. The van der Waals surface area contributed by atoms with Crippen molar-refractivity contribution >= 4 is 29.8 Å². The van der Waals surface area contributed by atoms with E-state index in [1.807, 2.05) is 71.0 Å². The van der Waals surface area contributed by atoms with Crippen molar-refractivity contribution in [3.63, 3.8) is 0 Å². The maximum Gasteiger partial charge on any atom is 0.407 e. The third kappa shape index (κ3) is 13.2. The molecule has 280 valence electrons. The number of aliphatic imine (C=N–C) groups is 1. The van der Waals surface area contributed by atoms with Crippen LogP contribution in [0, 0.1) is 5.92 Å². The van der Waals surface area contributed by atoms with E-state index in [2.05, 4.69) is 33.1 Å². The number of amides is 3. The highest BCUT2D eigenvalue weighted by Crippen LogP contribution is 2.44. The minimum absolute atomic E-state index is 0.00914. The number of alkyl carbamates (subject to hydrolysis) is 1. The highest BCUT2D eigenvalue weighted by atomic mass is 16.6. The second kappa shape index (κ2) is 18.0. The maximum atomic E-state index is 13.8. The molecule has 0 fully saturated rings. The van der Waals surface area contributed by atoms with E-state index in [9.17, 15) is 19.2 Å². The quantitative estimate of drug-likeness (QED) is 0.0738. The monoisotopic (exact) mass is 708 g/mol. The summed E-state index contributed by atoms with van der Waals surface area (Å²) in [5.74, 6) is -2.15. The summed E-state index contributed by atoms with van der Waals surface area (Å²) in [7, 11) is 0. The summed E-state index contributed by atoms with van der Waals surface area (Å²) in [5.41, 5.74) is 13.9. The van der Waals surface area contributed by atoms with Gasteiger partial charge in [-0.25, -0.2) is 9.59 Å². The van der Waals surface area contributed by atoms with Crippen molar-refractivity contribution in [3.8, 4) is 11.1 Å². The number of carbonyl (C=O) groups excluding carboxylic acids is 4. The number of ether oxygens (including phenoxy) is 3. The van der Waals surface area contributed by atoms with Gasteiger partial charge >= 0.3 is 12.1 Å². The lowest BCUT2D eigenvalue weighted by Crippen LogP contribution is -2.57. The van der Waals surface area contributed by atoms with Gasteiger partial charge < -0.3 is 41.6 Å². The molecule has 1 aliphatic rings. The molecule has 0 heterocycles. The van der Waals surface area contributed by atoms with Gasteiger partial charge in [-0.3, -0.25) is 14.6 Å². The summed E-state index contributed by atoms with van der Waals surface area (Å²) in [5, 5.41) is 8.20. The SMILES string of the molecule is CC(C)C[C@H](NC(=O)OCC1c2ccccc2-c2ccccc21)C(=O)N[C@@H](CCCN=C(N)N)C(=O)N[C@@H](COC(C)(C)C)C(=O)OC(C)(C)C. The van der Waals surface area contributed by atoms with E-state index in [0.29, 0.717) is 6.42 Å². The molecule has 13 heteroatoms. The molecular weight excluding hydrogens is 652 g/mol. The number of guanidine groups is 1. The number of nitrogens with zero attached hydrogens (tertiary/aromatic N) is 1. The molecule has 0 aliphatic heterocycles. The number of esters is 1. The minimum atomic E-state index is -1.15. The summed E-state index contributed by atoms with van der Waals surface area (Å²) in [6.07, 6.45) is -0.0102. The van der Waals surface area contributed by atoms with Crippen LogP contribution in [0.15, 0.2) is 53.5 Å². The summed E-state index contributed by atoms with van der Waals surface area (Å²) >= 11 is 0. The normalized spacial score (nSPS) is 14.4. The van der Waals surface area contributed by atoms with Crippen molar-refractivity contribution in [2.75, 3.05) is 19.8 Å². The first-order chi connectivity index (χ1) is 23.8. The predicted molar refractivity (Wildman–Crippen MR) is 197 cm³/mol. The topological polar surface area (TPSA) is 196 Å². The average molecular weight is 709 g/mol. The molecule has 1 aliphatic carbocycles. The number of nitrogens with two attached hydrogens (primary N) is 2. The second-order valence-corrected chi connectivity index (χ2v) is 15.2. The van der Waals surface area contributed by atoms with Crippen molar-refractivity contribution < 1.29 is 33.4 Å². The first kappa shape index (κ1) is 40.8. The van der Waals surface area contributed by atoms with Gasteiger partial charge in [0, 0.05) is 12.5 Å². The standard InChI is InChI=1S/C38H56N6O7/c1-23(2)20-30(44-36(48)49-21-28-26-16-11-9-14-24(26)25-15-10-12-17-27(25)28)33(46)42-29(18-13-19-41-35(39)40)32(45)43-31(22-50-37(3,4)5)34(47)51-38(6,7)8/h9-12,14-17,23,28-31H,13,18-22H2,1-8H3,(H,42,46)(H,43,45)(H,44,48)(H4,39,40,41)/t29-,30-,31-/m0/s1. The van der Waals surface area contributed by atoms with E-state index in [-0.39, 0.29) is 50.4 Å². The number of hydrogen-bond donors (Lipinski definition) is 5. The number of nitrogens with one attached hydrogen (secondary N) is 3. The predicted octanol–water partition coefficient (Wildman–Crippen LogP) is 4.12. The molecule has 0 aromatic heterocycles. The molecule has 3 amide bonds. The number of benzene rings is 2. The van der Waals surface area contributed by atoms with Crippen LogP contribution in [0.25, 0.3) is 11.1 Å². The van der Waals surface area contributed by atoms with Crippen LogP contribution in [-0.2, 0) is 28.6 Å². The summed E-state index contributed by atoms with van der Waals surface area (Å²) in [4.78, 5) is 57.8. The lowest BCUT2D eigenvalue weighted by atomic mass is 9.98. The van der Waals surface area contributed by atoms with Gasteiger partial charge in [-0.15, -0.1) is 0 Å². The van der Waals surface area contributed by atoms with Crippen molar-refractivity contribution in [1.29, 1.82) is 0 Å². The zero-order valence-electron chi connectivity index (χ0n) is 31.2. The average Bonchev–Trinajstić information content (AvgIpc) is 3.34. The molecule has 3 atom stereocenters. The van der Waals surface area contributed by atoms with E-state index in [0.717, 1.165) is 22.3 Å². The van der Waals surface area contributed by atoms with E-state index in [1.165, 1.54) is 0 Å². The largest absolute Gasteiger partial charge is 0.458 e. The molecule has 3 rings (SSSR count). The fourth-order valence-electron chi connectivity index (χ4n) is 5.68. The number of rotatable bonds is 16. The Balaban J connectivity index is 1.75. The molecule has 0 saturated carbocycles. The number of fused-ring (bicyclic) bond motifs is 3. The molecular formula is C38H56N6O7. The molecule has 0 bridgehead atoms. The smallest absolute Gasteiger partial charge is 0.407 e. The maximum absolute atomic E-state index is 13.8. The van der Waals surface area contributed by atoms with Crippen LogP contribution in [0.5, 0.6) is 0 Å². The first-order valence-electron chi connectivity index (χ1n) is 17.5. The Labute approximate surface area is 301 Å². The molecule has 0 spiro atoms. The molecule has 2 aromatic carbocycles. The Hall–Kier alpha value is -4.65. The van der Waals surface area contributed by atoms with Crippen molar-refractivity contribution in [1.82, 2.24) is 16.0 Å². The van der Waals surface area contributed by atoms with Crippen molar-refractivity contribution in [3.05, 3.63) is 59.7 Å². The first-order valence-corrected chi connectivity index (χ1v) is 17.5. The molecule has 51 heavy (non-hydrogen) atoms. The van der Waals surface area contributed by atoms with Gasteiger partial charge in [0.05, 0.1) is 12.2 Å². The van der Waals surface area contributed by atoms with Crippen LogP contribution in [0.4, 0.5) is 4.79 Å². The van der Waals surface area contributed by atoms with Gasteiger partial charge in [-0.2, -0.15) is 0 Å². The Kier molecular flexibility index (Phi) is 14.4. The molecule has 7 N–H and O–H groups in total. The van der Waals surface area contributed by atoms with E-state index in [1.54, 1.807) is 20.8 Å². The van der Waals surface area contributed by atoms with Gasteiger partial charge in [0.25, 0.3) is 0 Å². The number of hydrogen-bond acceptors (Lipinski definition) is 8. The van der Waals surface area contributed by atoms with Gasteiger partial charge in [-0.05, 0) is 89.0 Å². The van der Waals surface area contributed by atoms with Crippen LogP contribution >= 0.6 is 0 Å². The zero-order valence-corrected chi connectivity index (χ0v) is 31.2. The summed E-state index contributed by atoms with van der Waals surface area (Å²) < 4.78 is 17.1. The van der Waals surface area contributed by atoms with Gasteiger partial charge in [-0.1, -0.05) is 62.4 Å². The van der Waals surface area contributed by atoms with E-state index >= 15 is 0 Å². The summed E-state index contributed by atoms with van der Waals surface area (Å²) in [6, 6.07) is 12.7. The Morgan fingerprint density at radius 3 is 1.86 bits per heavy atom. The molecule has 2 aromatic rings. The Morgan fingerprint density at radius 1 is 0.784 bits per heavy atom. The van der Waals surface area contributed by atoms with Crippen LogP contribution in [-0.4, -0.2) is 78.9 Å². The molecule has 0 radical (unpaired) electrons. The third-order valence-electron chi connectivity index (χ3n) is 7.93. The lowest BCUT2D eigenvalue weighted by Gasteiger charge is -2.29.